The molecule has 0 amide bonds. The minimum Gasteiger partial charge on any atom is -0.504 e. The van der Waals surface area contributed by atoms with Crippen LogP contribution in [0.4, 0.5) is 0 Å². The van der Waals surface area contributed by atoms with E-state index in [1.165, 1.54) is 13.2 Å². The summed E-state index contributed by atoms with van der Waals surface area (Å²) in [5.41, 5.74) is 6.18. The number of nitrogens with two attached hydrogens (primary N) is 1. The van der Waals surface area contributed by atoms with Crippen LogP contribution in [0.2, 0.25) is 0 Å². The molecule has 0 spiro atoms. The van der Waals surface area contributed by atoms with E-state index >= 15 is 0 Å². The quantitative estimate of drug-likeness (QED) is 0.712. The Morgan fingerprint density at radius 3 is 2.75 bits per heavy atom. The molecule has 1 rings (SSSR count). The Bertz CT molecular complexity index is 408. The maximum Gasteiger partial charge on any atom is 0.320 e. The number of carboxylic acids is 1. The fourth-order valence-corrected chi connectivity index (χ4v) is 1.90. The van der Waals surface area contributed by atoms with Crippen molar-refractivity contribution in [3.63, 3.8) is 0 Å². The molecule has 0 aliphatic rings. The summed E-state index contributed by atoms with van der Waals surface area (Å²) in [5.74, 6) is -0.713. The van der Waals surface area contributed by atoms with Gasteiger partial charge in [-0.3, -0.25) is 4.79 Å². The molecule has 0 radical (unpaired) electrons. The van der Waals surface area contributed by atoms with Crippen molar-refractivity contribution in [2.45, 2.75) is 12.5 Å². The Balaban J connectivity index is 3.00. The summed E-state index contributed by atoms with van der Waals surface area (Å²) in [4.78, 5) is 10.6. The zero-order valence-electron chi connectivity index (χ0n) is 8.61. The third-order valence-electron chi connectivity index (χ3n) is 2.10. The van der Waals surface area contributed by atoms with Gasteiger partial charge in [-0.2, -0.15) is 0 Å². The Labute approximate surface area is 106 Å². The molecule has 0 fully saturated rings. The molecule has 0 aliphatic carbocycles. The maximum atomic E-state index is 10.6. The molecule has 0 heterocycles. The third kappa shape index (κ3) is 2.99. The highest BCUT2D eigenvalue weighted by atomic mass is 127. The number of hydrogen-bond acceptors (Lipinski definition) is 4. The largest absolute Gasteiger partial charge is 0.504 e. The summed E-state index contributed by atoms with van der Waals surface area (Å²) in [6, 6.07) is 2.16. The van der Waals surface area contributed by atoms with Gasteiger partial charge in [0.05, 0.1) is 7.11 Å². The van der Waals surface area contributed by atoms with Crippen molar-refractivity contribution in [3.8, 4) is 11.5 Å². The van der Waals surface area contributed by atoms with Crippen LogP contribution in [0, 0.1) is 3.57 Å². The summed E-state index contributed by atoms with van der Waals surface area (Å²) in [5, 5.41) is 18.2. The van der Waals surface area contributed by atoms with Gasteiger partial charge in [-0.1, -0.05) is 0 Å². The first-order chi connectivity index (χ1) is 7.45. The Hall–Kier alpha value is -1.02. The van der Waals surface area contributed by atoms with Gasteiger partial charge in [0.1, 0.15) is 6.04 Å². The summed E-state index contributed by atoms with van der Waals surface area (Å²) in [6.45, 7) is 0. The fraction of sp³-hybridized carbons (Fsp3) is 0.300. The molecule has 0 saturated heterocycles. The Morgan fingerprint density at radius 1 is 1.62 bits per heavy atom. The van der Waals surface area contributed by atoms with Crippen LogP contribution in [-0.4, -0.2) is 29.3 Å². The average Bonchev–Trinajstić information content (AvgIpc) is 2.21. The zero-order chi connectivity index (χ0) is 12.3. The SMILES string of the molecule is COc1cc(CC(N)C(=O)O)c(I)cc1O. The molecule has 1 atom stereocenters. The van der Waals surface area contributed by atoms with Crippen molar-refractivity contribution < 1.29 is 19.7 Å². The summed E-state index contributed by atoms with van der Waals surface area (Å²) >= 11 is 2.01. The molecular formula is C10H12INO4. The molecule has 0 bridgehead atoms. The predicted molar refractivity (Wildman–Crippen MR) is 66.7 cm³/mol. The lowest BCUT2D eigenvalue weighted by molar-refractivity contribution is -0.138. The highest BCUT2D eigenvalue weighted by Crippen LogP contribution is 2.30. The van der Waals surface area contributed by atoms with Gasteiger partial charge >= 0.3 is 5.97 Å². The second-order valence-corrected chi connectivity index (χ2v) is 4.43. The van der Waals surface area contributed by atoms with Crippen molar-refractivity contribution in [2.75, 3.05) is 7.11 Å². The van der Waals surface area contributed by atoms with Gasteiger partial charge in [-0.25, -0.2) is 0 Å². The second-order valence-electron chi connectivity index (χ2n) is 3.26. The highest BCUT2D eigenvalue weighted by molar-refractivity contribution is 14.1. The van der Waals surface area contributed by atoms with Crippen LogP contribution in [0.5, 0.6) is 11.5 Å². The molecule has 88 valence electrons. The number of rotatable bonds is 4. The molecule has 1 aromatic rings. The van der Waals surface area contributed by atoms with Crippen molar-refractivity contribution in [2.24, 2.45) is 5.73 Å². The van der Waals surface area contributed by atoms with Crippen molar-refractivity contribution in [3.05, 3.63) is 21.3 Å². The number of ether oxygens (including phenoxy) is 1. The maximum absolute atomic E-state index is 10.6. The van der Waals surface area contributed by atoms with Crippen LogP contribution < -0.4 is 10.5 Å². The normalized spacial score (nSPS) is 12.2. The van der Waals surface area contributed by atoms with Gasteiger partial charge in [-0.05, 0) is 46.7 Å². The summed E-state index contributed by atoms with van der Waals surface area (Å²) in [6.07, 6.45) is 0.199. The molecule has 4 N–H and O–H groups in total. The van der Waals surface area contributed by atoms with Crippen LogP contribution in [0.25, 0.3) is 0 Å². The monoisotopic (exact) mass is 337 g/mol. The van der Waals surface area contributed by atoms with E-state index in [4.69, 9.17) is 15.6 Å². The number of methoxy groups -OCH3 is 1. The van der Waals surface area contributed by atoms with Gasteiger partial charge in [0, 0.05) is 3.57 Å². The first kappa shape index (κ1) is 13.0. The number of carbonyl (C=O) groups is 1. The van der Waals surface area contributed by atoms with Crippen LogP contribution >= 0.6 is 22.6 Å². The molecule has 16 heavy (non-hydrogen) atoms. The van der Waals surface area contributed by atoms with E-state index in [-0.39, 0.29) is 12.2 Å². The number of aliphatic carboxylic acids is 1. The van der Waals surface area contributed by atoms with E-state index in [9.17, 15) is 9.90 Å². The fourth-order valence-electron chi connectivity index (χ4n) is 1.23. The zero-order valence-corrected chi connectivity index (χ0v) is 10.8. The van der Waals surface area contributed by atoms with E-state index in [0.29, 0.717) is 5.75 Å². The number of benzene rings is 1. The molecule has 1 unspecified atom stereocenters. The predicted octanol–water partition coefficient (Wildman–Crippen LogP) is 0.960. The number of phenolic OH excluding ortho intramolecular Hbond substituents is 1. The number of phenols is 1. The van der Waals surface area contributed by atoms with E-state index in [0.717, 1.165) is 9.13 Å². The number of aromatic hydroxyl groups is 1. The molecule has 0 aliphatic heterocycles. The van der Waals surface area contributed by atoms with Crippen LogP contribution in [-0.2, 0) is 11.2 Å². The summed E-state index contributed by atoms with van der Waals surface area (Å²) < 4.78 is 5.70. The minimum absolute atomic E-state index is 0.0274. The highest BCUT2D eigenvalue weighted by Gasteiger charge is 2.16. The topological polar surface area (TPSA) is 92.8 Å². The first-order valence-electron chi connectivity index (χ1n) is 4.49. The van der Waals surface area contributed by atoms with Crippen LogP contribution in [0.1, 0.15) is 5.56 Å². The number of halogens is 1. The van der Waals surface area contributed by atoms with Crippen molar-refractivity contribution in [1.82, 2.24) is 0 Å². The molecule has 6 heteroatoms. The Kier molecular flexibility index (Phi) is 4.36. The molecule has 0 saturated carbocycles. The average molecular weight is 337 g/mol. The molecule has 1 aromatic carbocycles. The van der Waals surface area contributed by atoms with Crippen LogP contribution in [0.3, 0.4) is 0 Å². The Morgan fingerprint density at radius 2 is 2.25 bits per heavy atom. The third-order valence-corrected chi connectivity index (χ3v) is 3.11. The lowest BCUT2D eigenvalue weighted by Gasteiger charge is -2.11. The summed E-state index contributed by atoms with van der Waals surface area (Å²) in [7, 11) is 1.43. The molecule has 5 nitrogen and oxygen atoms in total. The number of hydrogen-bond donors (Lipinski definition) is 3. The van der Waals surface area contributed by atoms with Gasteiger partial charge in [0.2, 0.25) is 0 Å². The van der Waals surface area contributed by atoms with Gasteiger partial charge in [0.15, 0.2) is 11.5 Å². The molecule has 0 aromatic heterocycles. The molecular weight excluding hydrogens is 325 g/mol. The minimum atomic E-state index is -1.05. The van der Waals surface area contributed by atoms with Gasteiger partial charge < -0.3 is 20.7 Å². The lowest BCUT2D eigenvalue weighted by atomic mass is 10.1. The first-order valence-corrected chi connectivity index (χ1v) is 5.57. The number of carboxylic acid groups (broad SMARTS) is 1. The van der Waals surface area contributed by atoms with E-state index in [2.05, 4.69) is 0 Å². The van der Waals surface area contributed by atoms with Gasteiger partial charge in [-0.15, -0.1) is 0 Å². The van der Waals surface area contributed by atoms with E-state index < -0.39 is 12.0 Å². The second kappa shape index (κ2) is 5.35. The van der Waals surface area contributed by atoms with Gasteiger partial charge in [0.25, 0.3) is 0 Å². The van der Waals surface area contributed by atoms with Crippen molar-refractivity contribution >= 4 is 28.6 Å². The van der Waals surface area contributed by atoms with E-state index in [1.807, 2.05) is 22.6 Å². The van der Waals surface area contributed by atoms with Crippen LogP contribution in [0.15, 0.2) is 12.1 Å². The standard InChI is InChI=1S/C10H12INO4/c1-16-9-3-5(2-7(12)10(14)15)6(11)4-8(9)13/h3-4,7,13H,2,12H2,1H3,(H,14,15). The smallest absolute Gasteiger partial charge is 0.320 e. The lowest BCUT2D eigenvalue weighted by Crippen LogP contribution is -2.32. The van der Waals surface area contributed by atoms with E-state index in [1.54, 1.807) is 6.07 Å². The van der Waals surface area contributed by atoms with Crippen molar-refractivity contribution in [1.29, 1.82) is 0 Å².